The van der Waals surface area contributed by atoms with Gasteiger partial charge in [-0.15, -0.1) is 10.2 Å². The van der Waals surface area contributed by atoms with Gasteiger partial charge in [0.1, 0.15) is 5.75 Å². The van der Waals surface area contributed by atoms with Crippen LogP contribution in [0.5, 0.6) is 5.75 Å². The van der Waals surface area contributed by atoms with E-state index in [1.54, 1.807) is 22.8 Å². The number of aromatic nitrogens is 4. The minimum Gasteiger partial charge on any atom is -0.507 e. The molecule has 4 rings (SSSR count). The van der Waals surface area contributed by atoms with E-state index in [1.807, 2.05) is 34.7 Å². The number of para-hydroxylation sites is 2. The molecule has 2 heterocycles. The molecule has 1 N–H and O–H groups in total. The molecule has 0 saturated carbocycles. The van der Waals surface area contributed by atoms with E-state index in [0.29, 0.717) is 29.1 Å². The number of fused-ring (bicyclic) bond motifs is 3. The molecule has 0 bridgehead atoms. The zero-order chi connectivity index (χ0) is 17.6. The lowest BCUT2D eigenvalue weighted by Gasteiger charge is -2.13. The molecule has 0 aliphatic rings. The second-order valence-corrected chi connectivity index (χ2v) is 6.50. The second kappa shape index (κ2) is 5.73. The predicted octanol–water partition coefficient (Wildman–Crippen LogP) is 3.07. The van der Waals surface area contributed by atoms with Crippen LogP contribution in [0.15, 0.2) is 53.3 Å². The maximum absolute atomic E-state index is 12.9. The standard InChI is InChI=1S/C19H18N4O2/c1-12(2)11-22-18(25)13-7-3-5-9-15(13)23-17(20-21-19(22)23)14-8-4-6-10-16(14)24/h3-10,12,24H,11H2,1-2H3. The van der Waals surface area contributed by atoms with Crippen LogP contribution in [0.25, 0.3) is 28.1 Å². The van der Waals surface area contributed by atoms with Gasteiger partial charge in [-0.1, -0.05) is 38.1 Å². The van der Waals surface area contributed by atoms with Gasteiger partial charge in [-0.2, -0.15) is 0 Å². The van der Waals surface area contributed by atoms with E-state index < -0.39 is 0 Å². The summed E-state index contributed by atoms with van der Waals surface area (Å²) in [6.45, 7) is 4.66. The van der Waals surface area contributed by atoms with Crippen LogP contribution < -0.4 is 5.56 Å². The van der Waals surface area contributed by atoms with Gasteiger partial charge >= 0.3 is 0 Å². The third kappa shape index (κ3) is 2.38. The van der Waals surface area contributed by atoms with Crippen LogP contribution in [0.2, 0.25) is 0 Å². The Hall–Kier alpha value is -3.15. The van der Waals surface area contributed by atoms with Crippen LogP contribution in [0.4, 0.5) is 0 Å². The summed E-state index contributed by atoms with van der Waals surface area (Å²) in [5.74, 6) is 1.41. The molecule has 4 aromatic rings. The lowest BCUT2D eigenvalue weighted by atomic mass is 10.1. The first-order valence-corrected chi connectivity index (χ1v) is 8.23. The van der Waals surface area contributed by atoms with Crippen LogP contribution in [-0.4, -0.2) is 24.3 Å². The van der Waals surface area contributed by atoms with Crippen molar-refractivity contribution in [3.05, 3.63) is 58.9 Å². The van der Waals surface area contributed by atoms with Crippen LogP contribution in [0, 0.1) is 5.92 Å². The average Bonchev–Trinajstić information content (AvgIpc) is 3.03. The van der Waals surface area contributed by atoms with Gasteiger partial charge in [-0.25, -0.2) is 0 Å². The van der Waals surface area contributed by atoms with Gasteiger partial charge in [0.2, 0.25) is 5.78 Å². The molecule has 6 heteroatoms. The molecule has 6 nitrogen and oxygen atoms in total. The van der Waals surface area contributed by atoms with Crippen LogP contribution >= 0.6 is 0 Å². The fraction of sp³-hybridized carbons (Fsp3) is 0.211. The monoisotopic (exact) mass is 334 g/mol. The molecular weight excluding hydrogens is 316 g/mol. The highest BCUT2D eigenvalue weighted by atomic mass is 16.3. The van der Waals surface area contributed by atoms with Gasteiger partial charge in [0, 0.05) is 6.54 Å². The Morgan fingerprint density at radius 3 is 2.52 bits per heavy atom. The van der Waals surface area contributed by atoms with E-state index >= 15 is 0 Å². The lowest BCUT2D eigenvalue weighted by molar-refractivity contribution is 0.477. The molecule has 0 aliphatic heterocycles. The molecule has 0 fully saturated rings. The highest BCUT2D eigenvalue weighted by Gasteiger charge is 2.19. The Morgan fingerprint density at radius 2 is 1.76 bits per heavy atom. The summed E-state index contributed by atoms with van der Waals surface area (Å²) in [7, 11) is 0. The molecule has 0 aliphatic carbocycles. The van der Waals surface area contributed by atoms with E-state index in [9.17, 15) is 9.90 Å². The number of hydrogen-bond donors (Lipinski definition) is 1. The van der Waals surface area contributed by atoms with E-state index in [2.05, 4.69) is 24.0 Å². The maximum Gasteiger partial charge on any atom is 0.262 e. The van der Waals surface area contributed by atoms with E-state index in [0.717, 1.165) is 5.52 Å². The van der Waals surface area contributed by atoms with Gasteiger partial charge < -0.3 is 5.11 Å². The summed E-state index contributed by atoms with van der Waals surface area (Å²) >= 11 is 0. The first-order chi connectivity index (χ1) is 12.1. The summed E-state index contributed by atoms with van der Waals surface area (Å²) in [6.07, 6.45) is 0. The van der Waals surface area contributed by atoms with Gasteiger partial charge in [-0.3, -0.25) is 13.8 Å². The predicted molar refractivity (Wildman–Crippen MR) is 96.7 cm³/mol. The molecule has 2 aromatic heterocycles. The van der Waals surface area contributed by atoms with Crippen molar-refractivity contribution in [2.45, 2.75) is 20.4 Å². The number of rotatable bonds is 3. The molecule has 25 heavy (non-hydrogen) atoms. The van der Waals surface area contributed by atoms with Gasteiger partial charge in [-0.05, 0) is 30.2 Å². The number of phenolic OH excluding ortho intramolecular Hbond substituents is 1. The van der Waals surface area contributed by atoms with Crippen LogP contribution in [0.3, 0.4) is 0 Å². The van der Waals surface area contributed by atoms with Crippen molar-refractivity contribution < 1.29 is 5.11 Å². The SMILES string of the molecule is CC(C)Cn1c(=O)c2ccccc2n2c(-c3ccccc3O)nnc12. The largest absolute Gasteiger partial charge is 0.507 e. The van der Waals surface area contributed by atoms with Gasteiger partial charge in [0.15, 0.2) is 5.82 Å². The Morgan fingerprint density at radius 1 is 1.04 bits per heavy atom. The number of benzene rings is 2. The molecule has 0 unspecified atom stereocenters. The van der Waals surface area contributed by atoms with Crippen molar-refractivity contribution in [3.63, 3.8) is 0 Å². The zero-order valence-corrected chi connectivity index (χ0v) is 14.0. The molecular formula is C19H18N4O2. The third-order valence-corrected chi connectivity index (χ3v) is 4.20. The van der Waals surface area contributed by atoms with E-state index in [-0.39, 0.29) is 17.2 Å². The van der Waals surface area contributed by atoms with E-state index in [4.69, 9.17) is 0 Å². The average molecular weight is 334 g/mol. The van der Waals surface area contributed by atoms with Crippen molar-refractivity contribution in [2.75, 3.05) is 0 Å². The topological polar surface area (TPSA) is 72.4 Å². The summed E-state index contributed by atoms with van der Waals surface area (Å²) in [6, 6.07) is 14.4. The fourth-order valence-electron chi connectivity index (χ4n) is 3.13. The highest BCUT2D eigenvalue weighted by Crippen LogP contribution is 2.29. The quantitative estimate of drug-likeness (QED) is 0.625. The van der Waals surface area contributed by atoms with Crippen molar-refractivity contribution in [3.8, 4) is 17.1 Å². The normalized spacial score (nSPS) is 11.6. The van der Waals surface area contributed by atoms with Crippen LogP contribution in [0.1, 0.15) is 13.8 Å². The first-order valence-electron chi connectivity index (χ1n) is 8.23. The van der Waals surface area contributed by atoms with Gasteiger partial charge in [0.25, 0.3) is 5.56 Å². The second-order valence-electron chi connectivity index (χ2n) is 6.50. The summed E-state index contributed by atoms with van der Waals surface area (Å²) in [5.41, 5.74) is 1.23. The summed E-state index contributed by atoms with van der Waals surface area (Å²) in [4.78, 5) is 12.9. The molecule has 0 atom stereocenters. The van der Waals surface area contributed by atoms with Crippen LogP contribution in [-0.2, 0) is 6.54 Å². The summed E-state index contributed by atoms with van der Waals surface area (Å²) < 4.78 is 3.50. The molecule has 2 aromatic carbocycles. The molecule has 126 valence electrons. The first kappa shape index (κ1) is 15.4. The zero-order valence-electron chi connectivity index (χ0n) is 14.0. The molecule has 0 amide bonds. The Labute approximate surface area is 144 Å². The number of hydrogen-bond acceptors (Lipinski definition) is 4. The Kier molecular flexibility index (Phi) is 3.53. The highest BCUT2D eigenvalue weighted by molar-refractivity contribution is 5.83. The van der Waals surface area contributed by atoms with Crippen molar-refractivity contribution in [1.29, 1.82) is 0 Å². The molecule has 0 spiro atoms. The van der Waals surface area contributed by atoms with Crippen molar-refractivity contribution in [2.24, 2.45) is 5.92 Å². The molecule has 0 saturated heterocycles. The third-order valence-electron chi connectivity index (χ3n) is 4.20. The van der Waals surface area contributed by atoms with Crippen molar-refractivity contribution in [1.82, 2.24) is 19.2 Å². The van der Waals surface area contributed by atoms with E-state index in [1.165, 1.54) is 0 Å². The minimum atomic E-state index is -0.0759. The lowest BCUT2D eigenvalue weighted by Crippen LogP contribution is -2.25. The summed E-state index contributed by atoms with van der Waals surface area (Å²) in [5, 5.41) is 19.4. The molecule has 0 radical (unpaired) electrons. The Balaban J connectivity index is 2.17. The number of phenols is 1. The van der Waals surface area contributed by atoms with Gasteiger partial charge in [0.05, 0.1) is 16.5 Å². The maximum atomic E-state index is 12.9. The number of aromatic hydroxyl groups is 1. The number of nitrogens with zero attached hydrogens (tertiary/aromatic N) is 4. The minimum absolute atomic E-state index is 0.0759. The smallest absolute Gasteiger partial charge is 0.262 e. The Bertz CT molecular complexity index is 1140. The fourth-order valence-corrected chi connectivity index (χ4v) is 3.13. The van der Waals surface area contributed by atoms with Crippen molar-refractivity contribution >= 4 is 16.7 Å².